The normalized spacial score (nSPS) is 10.8. The SMILES string of the molecule is Oc1cc2cc(F)c(O)cc2s1. The number of fused-ring (bicyclic) bond motifs is 1. The smallest absolute Gasteiger partial charge is 0.172 e. The Kier molecular flexibility index (Phi) is 1.44. The van der Waals surface area contributed by atoms with Gasteiger partial charge in [-0.15, -0.1) is 0 Å². The standard InChI is InChI=1S/C8H5FO2S/c9-5-1-4-2-8(11)12-7(4)3-6(5)10/h1-3,10-11H. The third-order valence-electron chi connectivity index (χ3n) is 1.57. The lowest BCUT2D eigenvalue weighted by molar-refractivity contribution is 0.434. The summed E-state index contributed by atoms with van der Waals surface area (Å²) in [7, 11) is 0. The van der Waals surface area contributed by atoms with Crippen molar-refractivity contribution in [1.29, 1.82) is 0 Å². The summed E-state index contributed by atoms with van der Waals surface area (Å²) in [6, 6.07) is 3.96. The summed E-state index contributed by atoms with van der Waals surface area (Å²) in [4.78, 5) is 0. The van der Waals surface area contributed by atoms with Gasteiger partial charge in [-0.3, -0.25) is 0 Å². The van der Waals surface area contributed by atoms with Crippen LogP contribution in [-0.2, 0) is 0 Å². The molecule has 0 atom stereocenters. The summed E-state index contributed by atoms with van der Waals surface area (Å²) in [6.45, 7) is 0. The lowest BCUT2D eigenvalue weighted by atomic mass is 10.2. The molecule has 0 spiro atoms. The minimum absolute atomic E-state index is 0.120. The van der Waals surface area contributed by atoms with Gasteiger partial charge in [0, 0.05) is 10.8 Å². The summed E-state index contributed by atoms with van der Waals surface area (Å²) in [5, 5.41) is 18.8. The monoisotopic (exact) mass is 184 g/mol. The molecule has 2 nitrogen and oxygen atoms in total. The van der Waals surface area contributed by atoms with Gasteiger partial charge in [-0.25, -0.2) is 4.39 Å². The largest absolute Gasteiger partial charge is 0.505 e. The highest BCUT2D eigenvalue weighted by Crippen LogP contribution is 2.33. The van der Waals surface area contributed by atoms with Crippen LogP contribution in [0, 0.1) is 5.82 Å². The van der Waals surface area contributed by atoms with Gasteiger partial charge in [0.25, 0.3) is 0 Å². The van der Waals surface area contributed by atoms with Crippen molar-refractivity contribution in [2.24, 2.45) is 0 Å². The lowest BCUT2D eigenvalue weighted by Gasteiger charge is -1.93. The van der Waals surface area contributed by atoms with Crippen LogP contribution in [-0.4, -0.2) is 10.2 Å². The summed E-state index contributed by atoms with van der Waals surface area (Å²) < 4.78 is 13.4. The van der Waals surface area contributed by atoms with Gasteiger partial charge < -0.3 is 10.2 Å². The van der Waals surface area contributed by atoms with Crippen LogP contribution in [0.2, 0.25) is 0 Å². The first-order valence-corrected chi connectivity index (χ1v) is 4.09. The molecule has 62 valence electrons. The number of rotatable bonds is 0. The maximum absolute atomic E-state index is 12.7. The van der Waals surface area contributed by atoms with Crippen molar-refractivity contribution < 1.29 is 14.6 Å². The molecule has 2 N–H and O–H groups in total. The van der Waals surface area contributed by atoms with Crippen LogP contribution in [0.5, 0.6) is 10.8 Å². The van der Waals surface area contributed by atoms with Crippen molar-refractivity contribution in [2.75, 3.05) is 0 Å². The van der Waals surface area contributed by atoms with E-state index < -0.39 is 5.82 Å². The molecule has 0 radical (unpaired) electrons. The second-order valence-electron chi connectivity index (χ2n) is 2.43. The van der Waals surface area contributed by atoms with E-state index in [0.29, 0.717) is 10.1 Å². The molecule has 0 aliphatic rings. The molecule has 4 heteroatoms. The molecule has 0 bridgehead atoms. The third-order valence-corrected chi connectivity index (χ3v) is 2.47. The van der Waals surface area contributed by atoms with E-state index >= 15 is 0 Å². The van der Waals surface area contributed by atoms with E-state index in [1.54, 1.807) is 0 Å². The molecule has 2 aromatic rings. The second kappa shape index (κ2) is 2.35. The van der Waals surface area contributed by atoms with Crippen LogP contribution in [0.3, 0.4) is 0 Å². The van der Waals surface area contributed by atoms with E-state index in [2.05, 4.69) is 0 Å². The second-order valence-corrected chi connectivity index (χ2v) is 3.49. The molecule has 0 saturated carbocycles. The van der Waals surface area contributed by atoms with Gasteiger partial charge in [0.1, 0.15) is 0 Å². The maximum Gasteiger partial charge on any atom is 0.172 e. The number of phenols is 1. The summed E-state index contributed by atoms with van der Waals surface area (Å²) in [5.74, 6) is -1.05. The van der Waals surface area contributed by atoms with Gasteiger partial charge in [0.15, 0.2) is 16.6 Å². The Bertz CT molecular complexity index is 397. The number of aromatic hydroxyl groups is 2. The molecule has 0 fully saturated rings. The van der Waals surface area contributed by atoms with E-state index in [1.165, 1.54) is 18.2 Å². The Morgan fingerprint density at radius 2 is 1.92 bits per heavy atom. The molecule has 0 saturated heterocycles. The van der Waals surface area contributed by atoms with Crippen molar-refractivity contribution in [1.82, 2.24) is 0 Å². The number of hydrogen-bond donors (Lipinski definition) is 2. The highest BCUT2D eigenvalue weighted by Gasteiger charge is 2.05. The topological polar surface area (TPSA) is 40.5 Å². The first-order chi connectivity index (χ1) is 5.66. The highest BCUT2D eigenvalue weighted by atomic mass is 32.1. The predicted octanol–water partition coefficient (Wildman–Crippen LogP) is 2.45. The molecule has 1 heterocycles. The Labute approximate surface area is 71.5 Å². The van der Waals surface area contributed by atoms with E-state index in [-0.39, 0.29) is 10.8 Å². The highest BCUT2D eigenvalue weighted by molar-refractivity contribution is 7.20. The minimum atomic E-state index is -0.666. The fourth-order valence-electron chi connectivity index (χ4n) is 1.03. The van der Waals surface area contributed by atoms with E-state index in [1.807, 2.05) is 0 Å². The van der Waals surface area contributed by atoms with Crippen molar-refractivity contribution >= 4 is 21.4 Å². The molecular weight excluding hydrogens is 179 g/mol. The van der Waals surface area contributed by atoms with Crippen LogP contribution in [0.25, 0.3) is 10.1 Å². The molecule has 0 aliphatic carbocycles. The van der Waals surface area contributed by atoms with Crippen molar-refractivity contribution in [2.45, 2.75) is 0 Å². The Morgan fingerprint density at radius 3 is 2.67 bits per heavy atom. The van der Waals surface area contributed by atoms with Gasteiger partial charge in [-0.1, -0.05) is 11.3 Å². The zero-order valence-electron chi connectivity index (χ0n) is 5.91. The van der Waals surface area contributed by atoms with Gasteiger partial charge in [-0.05, 0) is 17.5 Å². The summed E-state index contributed by atoms with van der Waals surface area (Å²) in [5.41, 5.74) is 0. The fourth-order valence-corrected chi connectivity index (χ4v) is 1.85. The van der Waals surface area contributed by atoms with Crippen LogP contribution >= 0.6 is 11.3 Å². The van der Waals surface area contributed by atoms with Crippen LogP contribution in [0.15, 0.2) is 18.2 Å². The Morgan fingerprint density at radius 1 is 1.17 bits per heavy atom. The lowest BCUT2D eigenvalue weighted by Crippen LogP contribution is -1.73. The van der Waals surface area contributed by atoms with Gasteiger partial charge in [-0.2, -0.15) is 0 Å². The Hall–Kier alpha value is -1.29. The molecule has 2 rings (SSSR count). The minimum Gasteiger partial charge on any atom is -0.505 e. The molecule has 1 aromatic heterocycles. The average molecular weight is 184 g/mol. The maximum atomic E-state index is 12.7. The van der Waals surface area contributed by atoms with E-state index in [0.717, 1.165) is 11.3 Å². The van der Waals surface area contributed by atoms with Crippen molar-refractivity contribution in [3.05, 3.63) is 24.0 Å². The summed E-state index contributed by atoms with van der Waals surface area (Å²) >= 11 is 1.10. The predicted molar refractivity (Wildman–Crippen MR) is 45.1 cm³/mol. The molecule has 0 amide bonds. The van der Waals surface area contributed by atoms with E-state index in [4.69, 9.17) is 10.2 Å². The molecular formula is C8H5FO2S. The molecule has 1 aromatic carbocycles. The van der Waals surface area contributed by atoms with Crippen molar-refractivity contribution in [3.63, 3.8) is 0 Å². The number of benzene rings is 1. The summed E-state index contributed by atoms with van der Waals surface area (Å²) in [6.07, 6.45) is 0. The first kappa shape index (κ1) is 7.36. The number of hydrogen-bond acceptors (Lipinski definition) is 3. The average Bonchev–Trinajstić information content (AvgIpc) is 2.30. The molecule has 12 heavy (non-hydrogen) atoms. The van der Waals surface area contributed by atoms with Crippen LogP contribution in [0.4, 0.5) is 4.39 Å². The number of thiophene rings is 1. The number of halogens is 1. The first-order valence-electron chi connectivity index (χ1n) is 3.28. The fraction of sp³-hybridized carbons (Fsp3) is 0. The van der Waals surface area contributed by atoms with Crippen LogP contribution < -0.4 is 0 Å². The van der Waals surface area contributed by atoms with Crippen molar-refractivity contribution in [3.8, 4) is 10.8 Å². The zero-order chi connectivity index (χ0) is 8.72. The van der Waals surface area contributed by atoms with Gasteiger partial charge in [0.05, 0.1) is 0 Å². The van der Waals surface area contributed by atoms with Crippen LogP contribution in [0.1, 0.15) is 0 Å². The Balaban J connectivity index is 2.83. The number of phenolic OH excluding ortho intramolecular Hbond substituents is 1. The molecule has 0 aliphatic heterocycles. The van der Waals surface area contributed by atoms with Gasteiger partial charge >= 0.3 is 0 Å². The van der Waals surface area contributed by atoms with E-state index in [9.17, 15) is 4.39 Å². The third kappa shape index (κ3) is 1.00. The molecule has 0 unspecified atom stereocenters. The quantitative estimate of drug-likeness (QED) is 0.660. The zero-order valence-corrected chi connectivity index (χ0v) is 6.73. The van der Waals surface area contributed by atoms with Gasteiger partial charge in [0.2, 0.25) is 0 Å².